The van der Waals surface area contributed by atoms with E-state index in [9.17, 15) is 26.4 Å². The van der Waals surface area contributed by atoms with Crippen LogP contribution in [0, 0.1) is 5.82 Å². The molecule has 1 amide bonds. The zero-order valence-corrected chi connectivity index (χ0v) is 23.9. The number of hydrogen-bond acceptors (Lipinski definition) is 8. The van der Waals surface area contributed by atoms with Gasteiger partial charge in [-0.15, -0.1) is 0 Å². The summed E-state index contributed by atoms with van der Waals surface area (Å²) in [5.41, 5.74) is 1.22. The number of amides is 1. The lowest BCUT2D eigenvalue weighted by Gasteiger charge is -2.27. The Labute approximate surface area is 237 Å². The molecular formula is C24H26F3IN6O4S. The number of nitrogens with one attached hydrogen (secondary N) is 2. The van der Waals surface area contributed by atoms with Gasteiger partial charge in [0.25, 0.3) is 0 Å². The van der Waals surface area contributed by atoms with Crippen molar-refractivity contribution in [3.63, 3.8) is 0 Å². The Balaban J connectivity index is 1.49. The molecule has 210 valence electrons. The van der Waals surface area contributed by atoms with Gasteiger partial charge in [0.1, 0.15) is 11.9 Å². The first-order valence-corrected chi connectivity index (χ1v) is 14.5. The SMILES string of the molecule is CC(C)OC1N=C(c2cnc(C(F)(F)I)nc2)C=C(CNC(=O)[C@@H]2CCCN2S(=O)(=O)c2ccc(F)cc2)N1. The van der Waals surface area contributed by atoms with Crippen LogP contribution in [0.4, 0.5) is 13.2 Å². The van der Waals surface area contributed by atoms with Crippen LogP contribution in [0.2, 0.25) is 0 Å². The lowest BCUT2D eigenvalue weighted by molar-refractivity contribution is -0.124. The maximum Gasteiger partial charge on any atom is 0.354 e. The van der Waals surface area contributed by atoms with E-state index in [1.165, 1.54) is 24.5 Å². The number of halogens is 4. The average molecular weight is 678 g/mol. The van der Waals surface area contributed by atoms with E-state index >= 15 is 0 Å². The minimum Gasteiger partial charge on any atom is -0.349 e. The van der Waals surface area contributed by atoms with Crippen LogP contribution < -0.4 is 10.6 Å². The van der Waals surface area contributed by atoms with Crippen molar-refractivity contribution in [2.75, 3.05) is 13.1 Å². The fourth-order valence-electron chi connectivity index (χ4n) is 4.08. The van der Waals surface area contributed by atoms with Gasteiger partial charge in [0.05, 0.1) is 23.3 Å². The molecule has 0 spiro atoms. The lowest BCUT2D eigenvalue weighted by atomic mass is 10.1. The van der Waals surface area contributed by atoms with Crippen molar-refractivity contribution in [3.8, 4) is 0 Å². The van der Waals surface area contributed by atoms with Crippen molar-refractivity contribution in [3.05, 3.63) is 65.6 Å². The monoisotopic (exact) mass is 678 g/mol. The fraction of sp³-hybridized carbons (Fsp3) is 0.417. The number of nitrogens with zero attached hydrogens (tertiary/aromatic N) is 4. The smallest absolute Gasteiger partial charge is 0.349 e. The zero-order valence-electron chi connectivity index (χ0n) is 20.9. The Morgan fingerprint density at radius 1 is 1.26 bits per heavy atom. The van der Waals surface area contributed by atoms with Crippen LogP contribution in [-0.4, -0.2) is 65.9 Å². The van der Waals surface area contributed by atoms with E-state index in [-0.39, 0.29) is 24.1 Å². The van der Waals surface area contributed by atoms with E-state index in [1.807, 2.05) is 13.8 Å². The normalized spacial score (nSPS) is 20.4. The van der Waals surface area contributed by atoms with Crippen molar-refractivity contribution in [2.24, 2.45) is 4.99 Å². The molecule has 2 N–H and O–H groups in total. The van der Waals surface area contributed by atoms with E-state index in [4.69, 9.17) is 4.74 Å². The second-order valence-corrected chi connectivity index (χ2v) is 12.3. The molecule has 0 bridgehead atoms. The summed E-state index contributed by atoms with van der Waals surface area (Å²) in [5.74, 6) is -1.70. The molecule has 10 nitrogen and oxygen atoms in total. The highest BCUT2D eigenvalue weighted by molar-refractivity contribution is 14.1. The number of carbonyl (C=O) groups excluding carboxylic acids is 1. The molecule has 2 atom stereocenters. The summed E-state index contributed by atoms with van der Waals surface area (Å²) in [6.45, 7) is 3.77. The molecule has 39 heavy (non-hydrogen) atoms. The molecule has 1 fully saturated rings. The largest absolute Gasteiger partial charge is 0.354 e. The molecule has 0 radical (unpaired) electrons. The van der Waals surface area contributed by atoms with Crippen molar-refractivity contribution in [2.45, 2.75) is 54.0 Å². The first-order chi connectivity index (χ1) is 18.3. The summed E-state index contributed by atoms with van der Waals surface area (Å²) in [7, 11) is -4.01. The first kappa shape index (κ1) is 29.4. The number of aromatic nitrogens is 2. The second-order valence-electron chi connectivity index (χ2n) is 9.10. The topological polar surface area (TPSA) is 126 Å². The van der Waals surface area contributed by atoms with Crippen molar-refractivity contribution in [1.82, 2.24) is 24.9 Å². The van der Waals surface area contributed by atoms with Gasteiger partial charge >= 0.3 is 3.93 Å². The van der Waals surface area contributed by atoms with Crippen LogP contribution in [0.3, 0.4) is 0 Å². The van der Waals surface area contributed by atoms with E-state index in [0.29, 0.717) is 29.8 Å². The third-order valence-electron chi connectivity index (χ3n) is 5.86. The van der Waals surface area contributed by atoms with E-state index in [1.54, 1.807) is 6.08 Å². The highest BCUT2D eigenvalue weighted by Crippen LogP contribution is 2.32. The van der Waals surface area contributed by atoms with Crippen LogP contribution in [0.15, 0.2) is 58.3 Å². The van der Waals surface area contributed by atoms with Gasteiger partial charge in [-0.3, -0.25) is 4.79 Å². The highest BCUT2D eigenvalue weighted by atomic mass is 127. The molecule has 2 aliphatic rings. The van der Waals surface area contributed by atoms with Crippen LogP contribution in [0.5, 0.6) is 0 Å². The van der Waals surface area contributed by atoms with Gasteiger partial charge in [-0.05, 0) is 57.0 Å². The minimum absolute atomic E-state index is 0.0124. The number of rotatable bonds is 9. The van der Waals surface area contributed by atoms with E-state index in [2.05, 4.69) is 25.6 Å². The number of benzene rings is 1. The zero-order chi connectivity index (χ0) is 28.4. The Morgan fingerprint density at radius 3 is 2.54 bits per heavy atom. The van der Waals surface area contributed by atoms with Gasteiger partial charge in [0.2, 0.25) is 28.1 Å². The first-order valence-electron chi connectivity index (χ1n) is 12.0. The molecule has 1 unspecified atom stereocenters. The Morgan fingerprint density at radius 2 is 1.92 bits per heavy atom. The summed E-state index contributed by atoms with van der Waals surface area (Å²) in [4.78, 5) is 24.9. The molecule has 3 heterocycles. The standard InChI is InChI=1S/C24H26F3IN6O4S/c1-14(2)38-23-32-17(10-19(33-23)15-11-30-22(31-12-15)24(26,27)28)13-29-21(35)20-4-3-9-34(20)39(36,37)18-7-5-16(25)6-8-18/h5-8,10-12,14,20,23,32H,3-4,9,13H2,1-2H3,(H,29,35)/t20-,23?/m0/s1. The number of sulfonamides is 1. The quantitative estimate of drug-likeness (QED) is 0.309. The Hall–Kier alpha value is -2.63. The number of hydrogen-bond donors (Lipinski definition) is 2. The third-order valence-corrected chi connectivity index (χ3v) is 8.26. The van der Waals surface area contributed by atoms with E-state index < -0.39 is 43.9 Å². The number of alkyl halides is 3. The summed E-state index contributed by atoms with van der Waals surface area (Å²) < 4.78 is 70.2. The molecule has 15 heteroatoms. The molecule has 1 aromatic heterocycles. The Kier molecular flexibility index (Phi) is 8.92. The molecular weight excluding hydrogens is 652 g/mol. The summed E-state index contributed by atoms with van der Waals surface area (Å²) in [6.07, 6.45) is 3.85. The number of ether oxygens (including phenoxy) is 1. The number of allylic oxidation sites excluding steroid dienone is 1. The van der Waals surface area contributed by atoms with Gasteiger partial charge in [-0.1, -0.05) is 0 Å². The molecule has 2 aliphatic heterocycles. The maximum atomic E-state index is 13.5. The number of aliphatic imine (C=N–C) groups is 1. The van der Waals surface area contributed by atoms with Gasteiger partial charge in [0.15, 0.2) is 0 Å². The molecule has 1 saturated heterocycles. The van der Waals surface area contributed by atoms with Crippen molar-refractivity contribution < 1.29 is 31.1 Å². The number of carbonyl (C=O) groups is 1. The molecule has 1 aromatic carbocycles. The van der Waals surface area contributed by atoms with Gasteiger partial charge < -0.3 is 15.4 Å². The molecule has 4 rings (SSSR count). The maximum absolute atomic E-state index is 13.5. The Bertz CT molecular complexity index is 1370. The van der Waals surface area contributed by atoms with Crippen molar-refractivity contribution in [1.29, 1.82) is 0 Å². The molecule has 2 aromatic rings. The predicted octanol–water partition coefficient (Wildman–Crippen LogP) is 3.05. The highest BCUT2D eigenvalue weighted by Gasteiger charge is 2.39. The fourth-order valence-corrected chi connectivity index (χ4v) is 6.02. The third kappa shape index (κ3) is 7.12. The minimum atomic E-state index is -4.01. The summed E-state index contributed by atoms with van der Waals surface area (Å²) in [5, 5.41) is 5.80. The molecule has 0 saturated carbocycles. The van der Waals surface area contributed by atoms with Gasteiger partial charge in [-0.25, -0.2) is 27.8 Å². The van der Waals surface area contributed by atoms with Gasteiger partial charge in [0, 0.05) is 52.8 Å². The van der Waals surface area contributed by atoms with Crippen LogP contribution in [0.25, 0.3) is 0 Å². The van der Waals surface area contributed by atoms with E-state index in [0.717, 1.165) is 39.0 Å². The van der Waals surface area contributed by atoms with Crippen LogP contribution in [0.1, 0.15) is 38.1 Å². The molecule has 0 aliphatic carbocycles. The summed E-state index contributed by atoms with van der Waals surface area (Å²) in [6, 6.07) is 3.51. The second kappa shape index (κ2) is 11.9. The predicted molar refractivity (Wildman–Crippen MR) is 144 cm³/mol. The average Bonchev–Trinajstić information content (AvgIpc) is 3.38. The van der Waals surface area contributed by atoms with Crippen LogP contribution >= 0.6 is 22.6 Å². The van der Waals surface area contributed by atoms with Crippen molar-refractivity contribution >= 4 is 44.2 Å². The summed E-state index contributed by atoms with van der Waals surface area (Å²) >= 11 is 0.945. The lowest BCUT2D eigenvalue weighted by Crippen LogP contribution is -2.47. The van der Waals surface area contributed by atoms with Gasteiger partial charge in [-0.2, -0.15) is 13.1 Å². The van der Waals surface area contributed by atoms with Crippen LogP contribution in [-0.2, 0) is 23.5 Å².